The topological polar surface area (TPSA) is 72.2 Å². The van der Waals surface area contributed by atoms with Gasteiger partial charge in [-0.2, -0.15) is 0 Å². The second-order valence-electron chi connectivity index (χ2n) is 7.30. The lowest BCUT2D eigenvalue weighted by molar-refractivity contribution is -0.135. The van der Waals surface area contributed by atoms with E-state index in [0.717, 1.165) is 23.4 Å². The molecule has 0 bridgehead atoms. The number of hydrogen-bond donors (Lipinski definition) is 0. The Morgan fingerprint density at radius 3 is 2.73 bits per heavy atom. The number of benzene rings is 2. The van der Waals surface area contributed by atoms with Crippen molar-refractivity contribution in [1.82, 2.24) is 4.90 Å². The summed E-state index contributed by atoms with van der Waals surface area (Å²) < 4.78 is 16.3. The van der Waals surface area contributed by atoms with E-state index < -0.39 is 5.63 Å². The molecule has 1 amide bonds. The lowest BCUT2D eigenvalue weighted by Crippen LogP contribution is -2.55. The van der Waals surface area contributed by atoms with Crippen LogP contribution in [0.2, 0.25) is 0 Å². The van der Waals surface area contributed by atoms with Crippen LogP contribution < -0.4 is 20.0 Å². The number of rotatable bonds is 5. The molecule has 4 rings (SSSR count). The Balaban J connectivity index is 1.38. The molecule has 1 aliphatic heterocycles. The van der Waals surface area contributed by atoms with E-state index >= 15 is 0 Å². The van der Waals surface area contributed by atoms with Gasteiger partial charge in [-0.25, -0.2) is 4.79 Å². The molecule has 0 radical (unpaired) electrons. The van der Waals surface area contributed by atoms with Gasteiger partial charge in [0.05, 0.1) is 12.8 Å². The van der Waals surface area contributed by atoms with E-state index in [1.807, 2.05) is 36.1 Å². The summed E-state index contributed by atoms with van der Waals surface area (Å²) in [5.41, 5.74) is 1.05. The summed E-state index contributed by atoms with van der Waals surface area (Å²) in [5, 5.41) is 0.800. The highest BCUT2D eigenvalue weighted by molar-refractivity contribution is 5.80. The van der Waals surface area contributed by atoms with Gasteiger partial charge in [0.1, 0.15) is 17.1 Å². The number of carbonyl (C=O) groups excluding carboxylic acids is 1. The van der Waals surface area contributed by atoms with Crippen molar-refractivity contribution >= 4 is 22.6 Å². The maximum absolute atomic E-state index is 12.8. The first-order valence-corrected chi connectivity index (χ1v) is 9.89. The number of piperazine rings is 1. The van der Waals surface area contributed by atoms with Crippen LogP contribution in [-0.2, 0) is 4.79 Å². The molecule has 0 spiro atoms. The lowest BCUT2D eigenvalue weighted by atomic mass is 10.1. The molecular weight excluding hydrogens is 384 g/mol. The van der Waals surface area contributed by atoms with E-state index in [4.69, 9.17) is 13.9 Å². The molecule has 156 valence electrons. The molecule has 2 heterocycles. The van der Waals surface area contributed by atoms with E-state index in [9.17, 15) is 9.59 Å². The average molecular weight is 408 g/mol. The zero-order valence-corrected chi connectivity index (χ0v) is 17.0. The average Bonchev–Trinajstić information content (AvgIpc) is 2.77. The Morgan fingerprint density at radius 1 is 1.13 bits per heavy atom. The molecule has 1 atom stereocenters. The van der Waals surface area contributed by atoms with Gasteiger partial charge in [-0.15, -0.1) is 0 Å². The molecule has 0 N–H and O–H groups in total. The molecule has 0 aliphatic carbocycles. The molecule has 7 heteroatoms. The summed E-state index contributed by atoms with van der Waals surface area (Å²) in [4.78, 5) is 28.2. The van der Waals surface area contributed by atoms with E-state index in [0.29, 0.717) is 24.4 Å². The molecular formula is C23H24N2O5. The third-order valence-electron chi connectivity index (χ3n) is 5.33. The zero-order valence-electron chi connectivity index (χ0n) is 17.0. The van der Waals surface area contributed by atoms with Crippen LogP contribution in [0.25, 0.3) is 11.0 Å². The molecule has 1 aromatic heterocycles. The fraction of sp³-hybridized carbons (Fsp3) is 0.304. The van der Waals surface area contributed by atoms with Gasteiger partial charge in [0.2, 0.25) is 0 Å². The Hall–Kier alpha value is -3.48. The van der Waals surface area contributed by atoms with Gasteiger partial charge in [-0.3, -0.25) is 4.79 Å². The number of fused-ring (bicyclic) bond motifs is 1. The van der Waals surface area contributed by atoms with Crippen molar-refractivity contribution in [3.05, 3.63) is 65.0 Å². The van der Waals surface area contributed by atoms with Crippen LogP contribution in [0.3, 0.4) is 0 Å². The van der Waals surface area contributed by atoms with Gasteiger partial charge >= 0.3 is 5.63 Å². The predicted molar refractivity (Wildman–Crippen MR) is 114 cm³/mol. The van der Waals surface area contributed by atoms with Gasteiger partial charge in [0.25, 0.3) is 5.91 Å². The standard InChI is InChI=1S/C23H24N2O5/c1-16-14-24(19-5-3-4-6-20(19)28-2)11-12-25(16)22(26)15-29-18-9-7-17-8-10-23(27)30-21(17)13-18/h3-10,13,16H,11-12,14-15H2,1-2H3. The molecule has 1 aliphatic rings. The second kappa shape index (κ2) is 8.49. The highest BCUT2D eigenvalue weighted by Crippen LogP contribution is 2.29. The molecule has 3 aromatic rings. The summed E-state index contributed by atoms with van der Waals surface area (Å²) in [7, 11) is 1.66. The first-order valence-electron chi connectivity index (χ1n) is 9.89. The van der Waals surface area contributed by atoms with Crippen LogP contribution in [0.5, 0.6) is 11.5 Å². The fourth-order valence-corrected chi connectivity index (χ4v) is 3.80. The number of hydrogen-bond acceptors (Lipinski definition) is 6. The summed E-state index contributed by atoms with van der Waals surface area (Å²) in [6, 6.07) is 16.2. The minimum absolute atomic E-state index is 0.0365. The van der Waals surface area contributed by atoms with Gasteiger partial charge in [0, 0.05) is 43.2 Å². The Kier molecular flexibility index (Phi) is 5.61. The normalized spacial score (nSPS) is 16.5. The number of methoxy groups -OCH3 is 1. The Labute approximate surface area is 174 Å². The minimum Gasteiger partial charge on any atom is -0.495 e. The van der Waals surface area contributed by atoms with Crippen LogP contribution in [0.1, 0.15) is 6.92 Å². The molecule has 30 heavy (non-hydrogen) atoms. The zero-order chi connectivity index (χ0) is 21.1. The Morgan fingerprint density at radius 2 is 1.93 bits per heavy atom. The third-order valence-corrected chi connectivity index (χ3v) is 5.33. The summed E-state index contributed by atoms with van der Waals surface area (Å²) in [5.74, 6) is 1.25. The van der Waals surface area contributed by atoms with Crippen LogP contribution in [0.15, 0.2) is 63.8 Å². The van der Waals surface area contributed by atoms with E-state index in [2.05, 4.69) is 4.90 Å². The quantitative estimate of drug-likeness (QED) is 0.605. The number of nitrogens with zero attached hydrogens (tertiary/aromatic N) is 2. The van der Waals surface area contributed by atoms with Crippen LogP contribution in [0.4, 0.5) is 5.69 Å². The van der Waals surface area contributed by atoms with Gasteiger partial charge in [-0.05, 0) is 37.3 Å². The second-order valence-corrected chi connectivity index (χ2v) is 7.30. The molecule has 7 nitrogen and oxygen atoms in total. The van der Waals surface area contributed by atoms with E-state index in [1.54, 1.807) is 31.4 Å². The van der Waals surface area contributed by atoms with E-state index in [-0.39, 0.29) is 18.6 Å². The highest BCUT2D eigenvalue weighted by atomic mass is 16.5. The van der Waals surface area contributed by atoms with Crippen molar-refractivity contribution in [3.63, 3.8) is 0 Å². The molecule has 1 saturated heterocycles. The highest BCUT2D eigenvalue weighted by Gasteiger charge is 2.28. The SMILES string of the molecule is COc1ccccc1N1CCN(C(=O)COc2ccc3ccc(=O)oc3c2)C(C)C1. The molecule has 1 fully saturated rings. The maximum atomic E-state index is 12.8. The minimum atomic E-state index is -0.419. The first kappa shape index (κ1) is 19.8. The van der Waals surface area contributed by atoms with Crippen molar-refractivity contribution in [2.24, 2.45) is 0 Å². The molecule has 2 aromatic carbocycles. The first-order chi connectivity index (χ1) is 14.5. The van der Waals surface area contributed by atoms with Crippen molar-refractivity contribution < 1.29 is 18.7 Å². The number of ether oxygens (including phenoxy) is 2. The number of carbonyl (C=O) groups is 1. The van der Waals surface area contributed by atoms with Gasteiger partial charge < -0.3 is 23.7 Å². The molecule has 1 unspecified atom stereocenters. The van der Waals surface area contributed by atoms with Crippen LogP contribution >= 0.6 is 0 Å². The van der Waals surface area contributed by atoms with Crippen molar-refractivity contribution in [2.45, 2.75) is 13.0 Å². The molecule has 0 saturated carbocycles. The maximum Gasteiger partial charge on any atom is 0.336 e. The lowest BCUT2D eigenvalue weighted by Gasteiger charge is -2.41. The fourth-order valence-electron chi connectivity index (χ4n) is 3.80. The third kappa shape index (κ3) is 4.10. The predicted octanol–water partition coefficient (Wildman–Crippen LogP) is 2.92. The van der Waals surface area contributed by atoms with Crippen molar-refractivity contribution in [1.29, 1.82) is 0 Å². The summed E-state index contributed by atoms with van der Waals surface area (Å²) in [6.45, 7) is 4.00. The summed E-state index contributed by atoms with van der Waals surface area (Å²) in [6.07, 6.45) is 0. The van der Waals surface area contributed by atoms with Gasteiger partial charge in [-0.1, -0.05) is 12.1 Å². The summed E-state index contributed by atoms with van der Waals surface area (Å²) >= 11 is 0. The van der Waals surface area contributed by atoms with Crippen LogP contribution in [-0.4, -0.2) is 50.2 Å². The van der Waals surface area contributed by atoms with Crippen molar-refractivity contribution in [2.75, 3.05) is 38.3 Å². The Bertz CT molecular complexity index is 1110. The van der Waals surface area contributed by atoms with Crippen LogP contribution in [0, 0.1) is 0 Å². The smallest absolute Gasteiger partial charge is 0.336 e. The number of para-hydroxylation sites is 2. The monoisotopic (exact) mass is 408 g/mol. The van der Waals surface area contributed by atoms with Crippen molar-refractivity contribution in [3.8, 4) is 11.5 Å². The number of anilines is 1. The van der Waals surface area contributed by atoms with Gasteiger partial charge in [0.15, 0.2) is 6.61 Å². The van der Waals surface area contributed by atoms with E-state index in [1.165, 1.54) is 6.07 Å². The largest absolute Gasteiger partial charge is 0.495 e. The number of amides is 1.